The third-order valence-electron chi connectivity index (χ3n) is 4.56. The summed E-state index contributed by atoms with van der Waals surface area (Å²) in [6, 6.07) is 17.4. The van der Waals surface area contributed by atoms with Crippen molar-refractivity contribution in [2.24, 2.45) is 4.99 Å². The summed E-state index contributed by atoms with van der Waals surface area (Å²) in [6.45, 7) is 1.99. The first-order valence-corrected chi connectivity index (χ1v) is 12.5. The fourth-order valence-electron chi connectivity index (χ4n) is 3.04. The number of carbonyl (C=O) groups is 1. The molecule has 0 radical (unpaired) electrons. The Morgan fingerprint density at radius 2 is 1.84 bits per heavy atom. The summed E-state index contributed by atoms with van der Waals surface area (Å²) in [6.07, 6.45) is 1.82. The molecule has 2 aromatic carbocycles. The Morgan fingerprint density at radius 3 is 2.62 bits per heavy atom. The fourth-order valence-corrected chi connectivity index (χ4v) is 5.83. The molecule has 5 rings (SSSR count). The number of halogens is 1. The molecule has 158 valence electrons. The number of benzene rings is 2. The molecule has 4 aromatic rings. The zero-order chi connectivity index (χ0) is 22.1. The molecular weight excluding hydrogens is 480 g/mol. The number of nitrogens with zero attached hydrogens (tertiary/aromatic N) is 3. The van der Waals surface area contributed by atoms with Crippen molar-refractivity contribution >= 4 is 68.3 Å². The van der Waals surface area contributed by atoms with Gasteiger partial charge in [0.15, 0.2) is 5.17 Å². The summed E-state index contributed by atoms with van der Waals surface area (Å²) in [5, 5.41) is 7.51. The summed E-state index contributed by atoms with van der Waals surface area (Å²) in [5.74, 6) is -0.175. The van der Waals surface area contributed by atoms with E-state index in [1.54, 1.807) is 23.5 Å². The van der Waals surface area contributed by atoms with Crippen molar-refractivity contribution in [3.8, 4) is 21.1 Å². The number of aliphatic imine (C=N–C) groups is 1. The van der Waals surface area contributed by atoms with Gasteiger partial charge in [-0.1, -0.05) is 54.1 Å². The minimum atomic E-state index is -0.175. The number of hydrogen-bond acceptors (Lipinski definition) is 7. The van der Waals surface area contributed by atoms with Crippen molar-refractivity contribution in [1.29, 1.82) is 0 Å². The lowest BCUT2D eigenvalue weighted by atomic mass is 10.2. The summed E-state index contributed by atoms with van der Waals surface area (Å²) >= 11 is 10.3. The van der Waals surface area contributed by atoms with Gasteiger partial charge in [-0.2, -0.15) is 4.99 Å². The van der Waals surface area contributed by atoms with Gasteiger partial charge in [0.2, 0.25) is 5.13 Å². The van der Waals surface area contributed by atoms with Gasteiger partial charge in [0, 0.05) is 16.0 Å². The van der Waals surface area contributed by atoms with Crippen LogP contribution in [0.4, 0.5) is 5.13 Å². The molecule has 1 amide bonds. The summed E-state index contributed by atoms with van der Waals surface area (Å²) in [4.78, 5) is 27.8. The maximum absolute atomic E-state index is 12.3. The molecule has 0 aliphatic carbocycles. The van der Waals surface area contributed by atoms with Crippen molar-refractivity contribution in [3.63, 3.8) is 0 Å². The van der Waals surface area contributed by atoms with Gasteiger partial charge in [0.05, 0.1) is 21.2 Å². The SMILES string of the molecule is Cc1nc(-c2ccccc2)sc1-c1csc(/N=C2\NC(=O)/C(=C\c3ccc(Cl)cc3)S2)n1. The minimum Gasteiger partial charge on any atom is -0.300 e. The molecule has 1 aliphatic heterocycles. The Kier molecular flexibility index (Phi) is 5.93. The molecule has 1 N–H and O–H groups in total. The first-order valence-electron chi connectivity index (χ1n) is 9.59. The number of amides is 1. The maximum Gasteiger partial charge on any atom is 0.264 e. The highest BCUT2D eigenvalue weighted by molar-refractivity contribution is 8.18. The highest BCUT2D eigenvalue weighted by Gasteiger charge is 2.24. The number of carbonyl (C=O) groups excluding carboxylic acids is 1. The molecule has 1 aliphatic rings. The van der Waals surface area contributed by atoms with Crippen LogP contribution in [0.25, 0.3) is 27.2 Å². The smallest absolute Gasteiger partial charge is 0.264 e. The third-order valence-corrected chi connectivity index (χ3v) is 7.68. The van der Waals surface area contributed by atoms with Crippen LogP contribution in [0.5, 0.6) is 0 Å². The molecular formula is C23H15ClN4OS3. The van der Waals surface area contributed by atoms with Gasteiger partial charge in [-0.3, -0.25) is 4.79 Å². The quantitative estimate of drug-likeness (QED) is 0.317. The summed E-state index contributed by atoms with van der Waals surface area (Å²) in [5.41, 5.74) is 3.78. The van der Waals surface area contributed by atoms with E-state index in [2.05, 4.69) is 27.4 Å². The van der Waals surface area contributed by atoms with Gasteiger partial charge in [-0.25, -0.2) is 9.97 Å². The first-order chi connectivity index (χ1) is 15.5. The number of aromatic nitrogens is 2. The second kappa shape index (κ2) is 8.99. The van der Waals surface area contributed by atoms with Crippen LogP contribution in [0.3, 0.4) is 0 Å². The number of thiazole rings is 2. The molecule has 9 heteroatoms. The van der Waals surface area contributed by atoms with Gasteiger partial charge in [0.1, 0.15) is 5.01 Å². The normalized spacial score (nSPS) is 16.1. The first kappa shape index (κ1) is 21.1. The average molecular weight is 495 g/mol. The molecule has 2 aromatic heterocycles. The van der Waals surface area contributed by atoms with Gasteiger partial charge in [-0.15, -0.1) is 22.7 Å². The van der Waals surface area contributed by atoms with E-state index in [0.29, 0.717) is 20.2 Å². The van der Waals surface area contributed by atoms with Crippen molar-refractivity contribution < 1.29 is 4.79 Å². The molecule has 1 fully saturated rings. The van der Waals surface area contributed by atoms with E-state index in [1.165, 1.54) is 23.1 Å². The number of thioether (sulfide) groups is 1. The van der Waals surface area contributed by atoms with Crippen molar-refractivity contribution in [3.05, 3.63) is 81.2 Å². The van der Waals surface area contributed by atoms with Crippen LogP contribution >= 0.6 is 46.0 Å². The van der Waals surface area contributed by atoms with Gasteiger partial charge in [0.25, 0.3) is 5.91 Å². The molecule has 0 atom stereocenters. The molecule has 0 bridgehead atoms. The van der Waals surface area contributed by atoms with E-state index >= 15 is 0 Å². The molecule has 0 spiro atoms. The van der Waals surface area contributed by atoms with Gasteiger partial charge < -0.3 is 5.32 Å². The number of amidine groups is 1. The van der Waals surface area contributed by atoms with Crippen molar-refractivity contribution in [2.75, 3.05) is 0 Å². The Bertz CT molecular complexity index is 1360. The molecule has 0 unspecified atom stereocenters. The van der Waals surface area contributed by atoms with Gasteiger partial charge in [-0.05, 0) is 42.5 Å². The Balaban J connectivity index is 1.36. The number of hydrogen-bond donors (Lipinski definition) is 1. The number of aryl methyl sites for hydroxylation is 1. The highest BCUT2D eigenvalue weighted by Crippen LogP contribution is 2.37. The lowest BCUT2D eigenvalue weighted by Crippen LogP contribution is -2.19. The number of rotatable bonds is 4. The van der Waals surface area contributed by atoms with Crippen LogP contribution in [0.1, 0.15) is 11.3 Å². The van der Waals surface area contributed by atoms with E-state index in [-0.39, 0.29) is 5.91 Å². The van der Waals surface area contributed by atoms with Crippen LogP contribution < -0.4 is 5.32 Å². The largest absolute Gasteiger partial charge is 0.300 e. The molecule has 32 heavy (non-hydrogen) atoms. The fraction of sp³-hybridized carbons (Fsp3) is 0.0435. The second-order valence-corrected chi connectivity index (χ2v) is 10.2. The Labute approximate surface area is 201 Å². The van der Waals surface area contributed by atoms with E-state index < -0.39 is 0 Å². The van der Waals surface area contributed by atoms with E-state index in [0.717, 1.165) is 32.4 Å². The van der Waals surface area contributed by atoms with Crippen molar-refractivity contribution in [2.45, 2.75) is 6.92 Å². The highest BCUT2D eigenvalue weighted by atomic mass is 35.5. The Morgan fingerprint density at radius 1 is 1.06 bits per heavy atom. The standard InChI is InChI=1S/C23H15ClN4OS3/c1-13-19(32-21(25-13)15-5-3-2-4-6-15)17-12-30-22(26-17)28-23-27-20(29)18(31-23)11-14-7-9-16(24)10-8-14/h2-12H,1H3,(H,26,27,28,29)/b18-11+. The summed E-state index contributed by atoms with van der Waals surface area (Å²) in [7, 11) is 0. The third kappa shape index (κ3) is 4.54. The molecule has 1 saturated heterocycles. The average Bonchev–Trinajstić information content (AvgIpc) is 3.50. The molecule has 5 nitrogen and oxygen atoms in total. The predicted molar refractivity (Wildman–Crippen MR) is 136 cm³/mol. The zero-order valence-electron chi connectivity index (χ0n) is 16.7. The van der Waals surface area contributed by atoms with E-state index in [1.807, 2.05) is 48.7 Å². The lowest BCUT2D eigenvalue weighted by molar-refractivity contribution is -0.115. The predicted octanol–water partition coefficient (Wildman–Crippen LogP) is 6.79. The Hall–Kier alpha value is -2.78. The topological polar surface area (TPSA) is 67.2 Å². The second-order valence-electron chi connectivity index (χ2n) is 6.85. The summed E-state index contributed by atoms with van der Waals surface area (Å²) < 4.78 is 0. The van der Waals surface area contributed by atoms with E-state index in [4.69, 9.17) is 16.6 Å². The van der Waals surface area contributed by atoms with Crippen LogP contribution in [0.2, 0.25) is 5.02 Å². The van der Waals surface area contributed by atoms with Crippen LogP contribution in [0.15, 0.2) is 69.9 Å². The maximum atomic E-state index is 12.3. The molecule has 3 heterocycles. The monoisotopic (exact) mass is 494 g/mol. The van der Waals surface area contributed by atoms with Gasteiger partial charge >= 0.3 is 0 Å². The van der Waals surface area contributed by atoms with E-state index in [9.17, 15) is 4.79 Å². The number of nitrogens with one attached hydrogen (secondary N) is 1. The van der Waals surface area contributed by atoms with Crippen molar-refractivity contribution in [1.82, 2.24) is 15.3 Å². The minimum absolute atomic E-state index is 0.175. The van der Waals surface area contributed by atoms with Crippen LogP contribution in [-0.4, -0.2) is 21.0 Å². The van der Waals surface area contributed by atoms with Crippen LogP contribution in [-0.2, 0) is 4.79 Å². The zero-order valence-corrected chi connectivity index (χ0v) is 19.9. The van der Waals surface area contributed by atoms with Crippen LogP contribution in [0, 0.1) is 6.92 Å². The molecule has 0 saturated carbocycles. The lowest BCUT2D eigenvalue weighted by Gasteiger charge is -1.95.